The second-order valence-electron chi connectivity index (χ2n) is 7.53. The number of aliphatic hydroxyl groups is 1. The van der Waals surface area contributed by atoms with Crippen LogP contribution < -0.4 is 10.1 Å². The summed E-state index contributed by atoms with van der Waals surface area (Å²) in [6.07, 6.45) is 1.48. The molecule has 1 amide bonds. The Labute approximate surface area is 166 Å². The zero-order chi connectivity index (χ0) is 20.0. The number of carbonyl (C=O) groups excluding carboxylic acids is 1. The maximum Gasteiger partial charge on any atom is 0.226 e. The van der Waals surface area contributed by atoms with Gasteiger partial charge in [0, 0.05) is 25.3 Å². The SMILES string of the molecule is COc1ccccc1-c1ccc(CC2(C(=O)NCC(C)O)CCOCC2)cc1. The summed E-state index contributed by atoms with van der Waals surface area (Å²) in [5.41, 5.74) is 2.76. The highest BCUT2D eigenvalue weighted by molar-refractivity contribution is 5.83. The van der Waals surface area contributed by atoms with E-state index in [9.17, 15) is 9.90 Å². The standard InChI is InChI=1S/C23H29NO4/c1-17(25)16-24-22(26)23(11-13-28-14-12-23)15-18-7-9-19(10-8-18)20-5-3-4-6-21(20)27-2/h3-10,17,25H,11-16H2,1-2H3,(H,24,26). The fourth-order valence-corrected chi connectivity index (χ4v) is 3.75. The largest absolute Gasteiger partial charge is 0.496 e. The highest BCUT2D eigenvalue weighted by Crippen LogP contribution is 2.36. The van der Waals surface area contributed by atoms with Gasteiger partial charge >= 0.3 is 0 Å². The molecule has 0 bridgehead atoms. The van der Waals surface area contributed by atoms with Gasteiger partial charge in [0.15, 0.2) is 0 Å². The Bertz CT molecular complexity index is 779. The van der Waals surface area contributed by atoms with Crippen LogP contribution in [0.15, 0.2) is 48.5 Å². The first-order valence-corrected chi connectivity index (χ1v) is 9.80. The summed E-state index contributed by atoms with van der Waals surface area (Å²) in [5, 5.41) is 12.4. The molecule has 0 aromatic heterocycles. The molecule has 1 saturated heterocycles. The number of benzene rings is 2. The number of para-hydroxylation sites is 1. The monoisotopic (exact) mass is 383 g/mol. The quantitative estimate of drug-likeness (QED) is 0.771. The molecular weight excluding hydrogens is 354 g/mol. The number of ether oxygens (including phenoxy) is 2. The van der Waals surface area contributed by atoms with E-state index < -0.39 is 11.5 Å². The fraction of sp³-hybridized carbons (Fsp3) is 0.435. The number of hydrogen-bond acceptors (Lipinski definition) is 4. The predicted molar refractivity (Wildman–Crippen MR) is 109 cm³/mol. The number of carbonyl (C=O) groups is 1. The molecule has 150 valence electrons. The summed E-state index contributed by atoms with van der Waals surface area (Å²) in [4.78, 5) is 12.9. The molecule has 1 atom stereocenters. The number of amides is 1. The third kappa shape index (κ3) is 4.72. The maximum absolute atomic E-state index is 12.9. The molecule has 0 spiro atoms. The molecule has 1 fully saturated rings. The van der Waals surface area contributed by atoms with E-state index in [-0.39, 0.29) is 12.5 Å². The Kier molecular flexibility index (Phi) is 6.70. The van der Waals surface area contributed by atoms with Gasteiger partial charge in [-0.3, -0.25) is 4.79 Å². The van der Waals surface area contributed by atoms with Gasteiger partial charge in [0.25, 0.3) is 0 Å². The van der Waals surface area contributed by atoms with E-state index in [1.54, 1.807) is 14.0 Å². The predicted octanol–water partition coefficient (Wildman–Crippen LogP) is 3.20. The molecule has 2 aromatic rings. The van der Waals surface area contributed by atoms with Gasteiger partial charge in [-0.25, -0.2) is 0 Å². The van der Waals surface area contributed by atoms with E-state index in [0.29, 0.717) is 32.5 Å². The van der Waals surface area contributed by atoms with Crippen molar-refractivity contribution in [3.63, 3.8) is 0 Å². The van der Waals surface area contributed by atoms with Crippen LogP contribution in [0.2, 0.25) is 0 Å². The van der Waals surface area contributed by atoms with Crippen LogP contribution in [0.5, 0.6) is 5.75 Å². The van der Waals surface area contributed by atoms with Crippen LogP contribution in [0.4, 0.5) is 0 Å². The van der Waals surface area contributed by atoms with Crippen molar-refractivity contribution in [2.45, 2.75) is 32.3 Å². The lowest BCUT2D eigenvalue weighted by atomic mass is 9.74. The molecule has 1 heterocycles. The van der Waals surface area contributed by atoms with Crippen LogP contribution in [0.1, 0.15) is 25.3 Å². The highest BCUT2D eigenvalue weighted by Gasteiger charge is 2.40. The van der Waals surface area contributed by atoms with Crippen LogP contribution in [0.25, 0.3) is 11.1 Å². The van der Waals surface area contributed by atoms with Crippen LogP contribution in [0.3, 0.4) is 0 Å². The first kappa shape index (κ1) is 20.4. The van der Waals surface area contributed by atoms with Crippen LogP contribution >= 0.6 is 0 Å². The number of rotatable bonds is 7. The van der Waals surface area contributed by atoms with Crippen LogP contribution in [0, 0.1) is 5.41 Å². The molecule has 2 N–H and O–H groups in total. The molecule has 0 aliphatic carbocycles. The van der Waals surface area contributed by atoms with E-state index in [0.717, 1.165) is 22.4 Å². The Balaban J connectivity index is 1.79. The van der Waals surface area contributed by atoms with Gasteiger partial charge in [0.2, 0.25) is 5.91 Å². The number of nitrogens with one attached hydrogen (secondary N) is 1. The molecule has 5 heteroatoms. The Morgan fingerprint density at radius 1 is 1.18 bits per heavy atom. The zero-order valence-electron chi connectivity index (χ0n) is 16.6. The van der Waals surface area contributed by atoms with Crippen LogP contribution in [-0.4, -0.2) is 44.0 Å². The van der Waals surface area contributed by atoms with Crippen molar-refractivity contribution in [3.8, 4) is 16.9 Å². The van der Waals surface area contributed by atoms with Gasteiger partial charge < -0.3 is 19.9 Å². The summed E-state index contributed by atoms with van der Waals surface area (Å²) < 4.78 is 11.0. The lowest BCUT2D eigenvalue weighted by Gasteiger charge is -2.36. The lowest BCUT2D eigenvalue weighted by molar-refractivity contribution is -0.137. The topological polar surface area (TPSA) is 67.8 Å². The molecule has 5 nitrogen and oxygen atoms in total. The van der Waals surface area contributed by atoms with Crippen molar-refractivity contribution >= 4 is 5.91 Å². The van der Waals surface area contributed by atoms with Gasteiger partial charge in [0.05, 0.1) is 18.6 Å². The smallest absolute Gasteiger partial charge is 0.226 e. The summed E-state index contributed by atoms with van der Waals surface area (Å²) in [6, 6.07) is 16.3. The van der Waals surface area contributed by atoms with E-state index in [2.05, 4.69) is 29.6 Å². The van der Waals surface area contributed by atoms with Crippen molar-refractivity contribution in [3.05, 3.63) is 54.1 Å². The molecule has 1 unspecified atom stereocenters. The van der Waals surface area contributed by atoms with Gasteiger partial charge in [0.1, 0.15) is 5.75 Å². The molecule has 0 saturated carbocycles. The van der Waals surface area contributed by atoms with Gasteiger partial charge in [-0.2, -0.15) is 0 Å². The van der Waals surface area contributed by atoms with E-state index >= 15 is 0 Å². The Hall–Kier alpha value is -2.37. The average Bonchev–Trinajstić information content (AvgIpc) is 2.73. The van der Waals surface area contributed by atoms with E-state index in [1.165, 1.54) is 0 Å². The third-order valence-corrected chi connectivity index (χ3v) is 5.40. The highest BCUT2D eigenvalue weighted by atomic mass is 16.5. The second kappa shape index (κ2) is 9.22. The number of methoxy groups -OCH3 is 1. The lowest BCUT2D eigenvalue weighted by Crippen LogP contribution is -2.47. The van der Waals surface area contributed by atoms with Crippen molar-refractivity contribution in [2.24, 2.45) is 5.41 Å². The van der Waals surface area contributed by atoms with Crippen molar-refractivity contribution in [1.82, 2.24) is 5.32 Å². The molecule has 3 rings (SSSR count). The summed E-state index contributed by atoms with van der Waals surface area (Å²) >= 11 is 0. The van der Waals surface area contributed by atoms with E-state index in [4.69, 9.17) is 9.47 Å². The summed E-state index contributed by atoms with van der Waals surface area (Å²) in [7, 11) is 1.67. The van der Waals surface area contributed by atoms with Gasteiger partial charge in [-0.1, -0.05) is 42.5 Å². The molecule has 0 radical (unpaired) electrons. The minimum atomic E-state index is -0.555. The normalized spacial score (nSPS) is 17.0. The molecule has 2 aromatic carbocycles. The van der Waals surface area contributed by atoms with Gasteiger partial charge in [-0.05, 0) is 43.4 Å². The van der Waals surface area contributed by atoms with E-state index in [1.807, 2.05) is 24.3 Å². The average molecular weight is 383 g/mol. The first-order chi connectivity index (χ1) is 13.5. The first-order valence-electron chi connectivity index (χ1n) is 9.80. The number of aliphatic hydroxyl groups excluding tert-OH is 1. The maximum atomic E-state index is 12.9. The number of hydrogen-bond donors (Lipinski definition) is 2. The van der Waals surface area contributed by atoms with Crippen molar-refractivity contribution < 1.29 is 19.4 Å². The van der Waals surface area contributed by atoms with Gasteiger partial charge in [-0.15, -0.1) is 0 Å². The fourth-order valence-electron chi connectivity index (χ4n) is 3.75. The Morgan fingerprint density at radius 3 is 2.50 bits per heavy atom. The van der Waals surface area contributed by atoms with Crippen molar-refractivity contribution in [1.29, 1.82) is 0 Å². The van der Waals surface area contributed by atoms with Crippen LogP contribution in [-0.2, 0) is 16.0 Å². The minimum absolute atomic E-state index is 0.00510. The molecule has 1 aliphatic heterocycles. The minimum Gasteiger partial charge on any atom is -0.496 e. The third-order valence-electron chi connectivity index (χ3n) is 5.40. The zero-order valence-corrected chi connectivity index (χ0v) is 16.6. The Morgan fingerprint density at radius 2 is 1.86 bits per heavy atom. The molecule has 28 heavy (non-hydrogen) atoms. The summed E-state index contributed by atoms with van der Waals surface area (Å²) in [5.74, 6) is 0.846. The second-order valence-corrected chi connectivity index (χ2v) is 7.53. The molecular formula is C23H29NO4. The van der Waals surface area contributed by atoms with Crippen molar-refractivity contribution in [2.75, 3.05) is 26.9 Å². The summed E-state index contributed by atoms with van der Waals surface area (Å²) in [6.45, 7) is 3.12. The molecule has 1 aliphatic rings.